The van der Waals surface area contributed by atoms with Gasteiger partial charge in [0, 0.05) is 33.6 Å². The van der Waals surface area contributed by atoms with E-state index in [4.69, 9.17) is 32.5 Å². The van der Waals surface area contributed by atoms with Gasteiger partial charge in [-0.3, -0.25) is 0 Å². The van der Waals surface area contributed by atoms with Gasteiger partial charge in [0.1, 0.15) is 11.5 Å². The lowest BCUT2D eigenvalue weighted by Crippen LogP contribution is -2.02. The van der Waals surface area contributed by atoms with Gasteiger partial charge in [0.2, 0.25) is 0 Å². The number of aromatic nitrogens is 2. The van der Waals surface area contributed by atoms with Gasteiger partial charge in [0.05, 0.1) is 31.0 Å². The molecule has 0 spiro atoms. The van der Waals surface area contributed by atoms with Crippen molar-refractivity contribution in [2.24, 2.45) is 0 Å². The van der Waals surface area contributed by atoms with Crippen LogP contribution in [0.4, 0.5) is 0 Å². The van der Waals surface area contributed by atoms with E-state index < -0.39 is 0 Å². The number of benzene rings is 1. The second-order valence-electron chi connectivity index (χ2n) is 8.71. The summed E-state index contributed by atoms with van der Waals surface area (Å²) < 4.78 is 14.3. The highest BCUT2D eigenvalue weighted by Gasteiger charge is 2.18. The van der Waals surface area contributed by atoms with Gasteiger partial charge in [-0.25, -0.2) is 25.2 Å². The monoisotopic (exact) mass is 526 g/mol. The van der Waals surface area contributed by atoms with Crippen LogP contribution in [0.25, 0.3) is 66.3 Å². The van der Waals surface area contributed by atoms with Crippen LogP contribution in [-0.2, 0) is 0 Å². The first kappa shape index (κ1) is 25.1. The van der Waals surface area contributed by atoms with E-state index >= 15 is 0 Å². The van der Waals surface area contributed by atoms with Gasteiger partial charge in [0.15, 0.2) is 16.5 Å². The number of rotatable bonds is 6. The van der Waals surface area contributed by atoms with Gasteiger partial charge >= 0.3 is 0 Å². The Morgan fingerprint density at radius 2 is 1.67 bits per heavy atom. The van der Waals surface area contributed by atoms with Gasteiger partial charge in [-0.2, -0.15) is 0 Å². The molecule has 0 saturated heterocycles. The molecule has 186 valence electrons. The molecule has 0 aliphatic rings. The number of fused-ring (bicyclic) bond motifs is 1. The topological polar surface area (TPSA) is 100 Å². The number of allylic oxidation sites excluding steroid dienone is 2. The van der Waals surface area contributed by atoms with Crippen LogP contribution >= 0.6 is 11.3 Å². The van der Waals surface area contributed by atoms with Crippen LogP contribution in [-0.4, -0.2) is 9.55 Å². The van der Waals surface area contributed by atoms with Crippen molar-refractivity contribution in [1.82, 2.24) is 9.55 Å². The fraction of sp³-hybridized carbons (Fsp3) is 0.100. The third-order valence-electron chi connectivity index (χ3n) is 5.89. The van der Waals surface area contributed by atoms with E-state index in [1.165, 1.54) is 23.5 Å². The molecule has 0 aliphatic carbocycles. The maximum Gasteiger partial charge on any atom is 0.265 e. The summed E-state index contributed by atoms with van der Waals surface area (Å²) in [5, 5.41) is 19.7. The Labute approximate surface area is 228 Å². The Morgan fingerprint density at radius 1 is 0.949 bits per heavy atom. The predicted molar refractivity (Wildman–Crippen MR) is 149 cm³/mol. The fourth-order valence-electron chi connectivity index (χ4n) is 4.21. The van der Waals surface area contributed by atoms with Crippen molar-refractivity contribution in [1.29, 1.82) is 10.5 Å². The first-order valence-corrected chi connectivity index (χ1v) is 12.6. The molecule has 0 bridgehead atoms. The molecule has 5 rings (SSSR count). The molecule has 9 heteroatoms. The minimum Gasteiger partial charge on any atom is -0.456 e. The number of furan rings is 2. The fourth-order valence-corrected chi connectivity index (χ4v) is 5.03. The molecule has 0 radical (unpaired) electrons. The van der Waals surface area contributed by atoms with Gasteiger partial charge in [0.25, 0.3) is 11.4 Å². The molecule has 4 heterocycles. The van der Waals surface area contributed by atoms with E-state index in [2.05, 4.69) is 45.2 Å². The van der Waals surface area contributed by atoms with Crippen molar-refractivity contribution >= 4 is 34.4 Å². The SMILES string of the molecule is [C-]#[N+]/C(C#N)=C\c1cnc(-c2ccc(-c3ccc4cc(-c5ccc(/C=C(\C#N)[N+]#[C-])o5)n(C(C)C)c4c3)o2)s1. The molecule has 4 aromatic heterocycles. The Kier molecular flexibility index (Phi) is 6.68. The largest absolute Gasteiger partial charge is 0.456 e. The van der Waals surface area contributed by atoms with E-state index in [0.717, 1.165) is 22.2 Å². The van der Waals surface area contributed by atoms with Crippen molar-refractivity contribution < 1.29 is 8.83 Å². The minimum atomic E-state index is -0.0384. The lowest BCUT2D eigenvalue weighted by molar-refractivity contribution is 0.553. The summed E-state index contributed by atoms with van der Waals surface area (Å²) in [6, 6.07) is 19.3. The second-order valence-corrected chi connectivity index (χ2v) is 9.77. The van der Waals surface area contributed by atoms with Crippen LogP contribution in [0, 0.1) is 35.8 Å². The summed E-state index contributed by atoms with van der Waals surface area (Å²) in [5.41, 5.74) is 2.76. The maximum absolute atomic E-state index is 9.05. The molecule has 0 saturated carbocycles. The number of thiazole rings is 1. The number of hydrogen-bond donors (Lipinski definition) is 0. The zero-order valence-corrected chi connectivity index (χ0v) is 21.7. The van der Waals surface area contributed by atoms with Crippen LogP contribution < -0.4 is 0 Å². The molecule has 5 aromatic rings. The van der Waals surface area contributed by atoms with E-state index in [-0.39, 0.29) is 17.4 Å². The summed E-state index contributed by atoms with van der Waals surface area (Å²) in [6.07, 6.45) is 4.56. The number of nitrogens with zero attached hydrogens (tertiary/aromatic N) is 6. The number of hydrogen-bond acceptors (Lipinski definition) is 6. The molecule has 1 aromatic carbocycles. The first-order chi connectivity index (χ1) is 18.9. The average molecular weight is 527 g/mol. The van der Waals surface area contributed by atoms with Gasteiger partial charge < -0.3 is 13.4 Å². The van der Waals surface area contributed by atoms with Crippen LogP contribution in [0.1, 0.15) is 30.5 Å². The molecule has 0 atom stereocenters. The molecular weight excluding hydrogens is 508 g/mol. The average Bonchev–Trinajstić information content (AvgIpc) is 3.75. The Balaban J connectivity index is 1.51. The van der Waals surface area contributed by atoms with E-state index in [1.807, 2.05) is 42.5 Å². The lowest BCUT2D eigenvalue weighted by Gasteiger charge is -2.14. The van der Waals surface area contributed by atoms with Crippen molar-refractivity contribution in [2.75, 3.05) is 0 Å². The zero-order chi connectivity index (χ0) is 27.5. The Bertz CT molecular complexity index is 1920. The van der Waals surface area contributed by atoms with Crippen LogP contribution in [0.3, 0.4) is 0 Å². The summed E-state index contributed by atoms with van der Waals surface area (Å²) in [5.74, 6) is 2.37. The highest BCUT2D eigenvalue weighted by atomic mass is 32.1. The minimum absolute atomic E-state index is 0.00341. The van der Waals surface area contributed by atoms with Crippen molar-refractivity contribution in [3.05, 3.63) is 99.6 Å². The smallest absolute Gasteiger partial charge is 0.265 e. The zero-order valence-electron chi connectivity index (χ0n) is 20.8. The van der Waals surface area contributed by atoms with E-state index in [1.54, 1.807) is 12.3 Å². The molecule has 0 aliphatic heterocycles. The molecule has 39 heavy (non-hydrogen) atoms. The molecule has 8 nitrogen and oxygen atoms in total. The summed E-state index contributed by atoms with van der Waals surface area (Å²) >= 11 is 1.34. The van der Waals surface area contributed by atoms with Gasteiger partial charge in [-0.05, 0) is 62.4 Å². The van der Waals surface area contributed by atoms with Crippen LogP contribution in [0.15, 0.2) is 75.0 Å². The third-order valence-corrected chi connectivity index (χ3v) is 6.85. The maximum atomic E-state index is 9.05. The molecule has 0 N–H and O–H groups in total. The van der Waals surface area contributed by atoms with Crippen molar-refractivity contribution in [3.8, 4) is 45.7 Å². The summed E-state index contributed by atoms with van der Waals surface area (Å²) in [6.45, 7) is 18.3. The van der Waals surface area contributed by atoms with Crippen molar-refractivity contribution in [3.63, 3.8) is 0 Å². The highest BCUT2D eigenvalue weighted by Crippen LogP contribution is 2.37. The first-order valence-electron chi connectivity index (χ1n) is 11.7. The Hall–Kier alpha value is -5.61. The number of nitriles is 2. The van der Waals surface area contributed by atoms with Gasteiger partial charge in [-0.1, -0.05) is 12.1 Å². The lowest BCUT2D eigenvalue weighted by atomic mass is 10.1. The third kappa shape index (κ3) is 4.87. The molecule has 0 unspecified atom stereocenters. The quantitative estimate of drug-likeness (QED) is 0.163. The normalized spacial score (nSPS) is 11.8. The Morgan fingerprint density at radius 3 is 2.38 bits per heavy atom. The summed E-state index contributed by atoms with van der Waals surface area (Å²) in [4.78, 5) is 11.5. The highest BCUT2D eigenvalue weighted by molar-refractivity contribution is 7.15. The van der Waals surface area contributed by atoms with Gasteiger partial charge in [-0.15, -0.1) is 11.3 Å². The predicted octanol–water partition coefficient (Wildman–Crippen LogP) is 8.43. The molecule has 0 fully saturated rings. The van der Waals surface area contributed by atoms with Crippen LogP contribution in [0.5, 0.6) is 0 Å². The van der Waals surface area contributed by atoms with Crippen molar-refractivity contribution in [2.45, 2.75) is 19.9 Å². The summed E-state index contributed by atoms with van der Waals surface area (Å²) in [7, 11) is 0. The van der Waals surface area contributed by atoms with E-state index in [0.29, 0.717) is 32.9 Å². The molecule has 0 amide bonds. The molecular formula is C30H18N6O2S. The van der Waals surface area contributed by atoms with Crippen LogP contribution in [0.2, 0.25) is 0 Å². The second kappa shape index (κ2) is 10.4. The van der Waals surface area contributed by atoms with E-state index in [9.17, 15) is 0 Å². The standard InChI is InChI=1S/C30H18N6O2S/c1-18(2)36-25-12-20(27-9-10-29(38-27)30-35-17-24(39-30)14-22(16-32)34-4)6-5-19(25)11-26(36)28-8-7-23(37-28)13-21(15-31)33-3/h5-14,17-18H,1-2H3/b21-13+,22-14-.